The average Bonchev–Trinajstić information content (AvgIpc) is 2.40. The van der Waals surface area contributed by atoms with Crippen molar-refractivity contribution < 1.29 is 13.7 Å². The molecule has 1 atom stereocenters. The molecule has 112 valence electrons. The quantitative estimate of drug-likeness (QED) is 0.565. The van der Waals surface area contributed by atoms with Crippen molar-refractivity contribution in [1.82, 2.24) is 0 Å². The minimum atomic E-state index is -0.929. The summed E-state index contributed by atoms with van der Waals surface area (Å²) in [4.78, 5) is 9.69. The summed E-state index contributed by atoms with van der Waals surface area (Å²) < 4.78 is 27.3. The van der Waals surface area contributed by atoms with Crippen LogP contribution in [0.4, 0.5) is 20.2 Å². The topological polar surface area (TPSA) is 55.2 Å². The molecule has 1 aromatic rings. The van der Waals surface area contributed by atoms with Crippen LogP contribution < -0.4 is 5.32 Å². The fraction of sp³-hybridized carbons (Fsp3) is 0.571. The summed E-state index contributed by atoms with van der Waals surface area (Å²) in [5.74, 6) is -1.52. The largest absolute Gasteiger partial charge is 0.380 e. The molecule has 0 aromatic heterocycles. The van der Waals surface area contributed by atoms with Crippen LogP contribution in [0.3, 0.4) is 0 Å². The molecule has 0 saturated heterocycles. The molecule has 1 unspecified atom stereocenters. The van der Waals surface area contributed by atoms with Gasteiger partial charge in [0.1, 0.15) is 5.69 Å². The monoisotopic (exact) mass is 286 g/mol. The van der Waals surface area contributed by atoms with Crippen LogP contribution in [-0.4, -0.2) is 11.5 Å². The van der Waals surface area contributed by atoms with Crippen molar-refractivity contribution in [3.05, 3.63) is 33.9 Å². The third kappa shape index (κ3) is 4.43. The van der Waals surface area contributed by atoms with Crippen molar-refractivity contribution in [3.63, 3.8) is 0 Å². The van der Waals surface area contributed by atoms with E-state index in [9.17, 15) is 18.9 Å². The summed E-state index contributed by atoms with van der Waals surface area (Å²) in [6.45, 7) is 4.59. The van der Waals surface area contributed by atoms with Crippen molar-refractivity contribution in [2.75, 3.05) is 11.9 Å². The first-order valence-electron chi connectivity index (χ1n) is 6.86. The predicted molar refractivity (Wildman–Crippen MR) is 74.8 cm³/mol. The highest BCUT2D eigenvalue weighted by atomic mass is 19.1. The van der Waals surface area contributed by atoms with E-state index in [0.29, 0.717) is 12.5 Å². The molecule has 0 heterocycles. The number of hydrogen-bond acceptors (Lipinski definition) is 3. The van der Waals surface area contributed by atoms with Gasteiger partial charge in [-0.25, -0.2) is 8.78 Å². The zero-order valence-electron chi connectivity index (χ0n) is 11.8. The molecule has 0 spiro atoms. The number of nitrogens with zero attached hydrogens (tertiary/aromatic N) is 1. The van der Waals surface area contributed by atoms with Gasteiger partial charge in [0.2, 0.25) is 0 Å². The lowest BCUT2D eigenvalue weighted by Crippen LogP contribution is -2.15. The van der Waals surface area contributed by atoms with Gasteiger partial charge in [0.05, 0.1) is 17.1 Å². The third-order valence-corrected chi connectivity index (χ3v) is 3.35. The summed E-state index contributed by atoms with van der Waals surface area (Å²) in [6.07, 6.45) is 4.07. The molecule has 0 radical (unpaired) electrons. The van der Waals surface area contributed by atoms with E-state index in [0.717, 1.165) is 37.8 Å². The second-order valence-corrected chi connectivity index (χ2v) is 4.84. The Balaban J connectivity index is 2.75. The molecule has 0 saturated carbocycles. The van der Waals surface area contributed by atoms with E-state index in [1.165, 1.54) is 0 Å². The van der Waals surface area contributed by atoms with Gasteiger partial charge in [-0.2, -0.15) is 0 Å². The first-order valence-corrected chi connectivity index (χ1v) is 6.86. The molecule has 6 heteroatoms. The lowest BCUT2D eigenvalue weighted by atomic mass is 9.99. The molecular weight excluding hydrogens is 266 g/mol. The molecule has 0 amide bonds. The maximum absolute atomic E-state index is 13.7. The molecular formula is C14H20F2N2O2. The van der Waals surface area contributed by atoms with Crippen molar-refractivity contribution in [1.29, 1.82) is 0 Å². The molecule has 4 nitrogen and oxygen atoms in total. The summed E-state index contributed by atoms with van der Waals surface area (Å²) in [6, 6.07) is 1.47. The number of nitro benzene ring substituents is 1. The summed E-state index contributed by atoms with van der Waals surface area (Å²) in [7, 11) is 0. The summed E-state index contributed by atoms with van der Waals surface area (Å²) in [5, 5.41) is 13.2. The Morgan fingerprint density at radius 1 is 1.30 bits per heavy atom. The van der Waals surface area contributed by atoms with Crippen molar-refractivity contribution in [2.45, 2.75) is 39.5 Å². The molecule has 1 rings (SSSR count). The van der Waals surface area contributed by atoms with Gasteiger partial charge in [-0.3, -0.25) is 10.1 Å². The zero-order chi connectivity index (χ0) is 15.1. The van der Waals surface area contributed by atoms with E-state index >= 15 is 0 Å². The maximum atomic E-state index is 13.7. The smallest absolute Gasteiger partial charge is 0.275 e. The second kappa shape index (κ2) is 7.77. The van der Waals surface area contributed by atoms with Gasteiger partial charge in [0.25, 0.3) is 5.69 Å². The molecule has 0 aliphatic carbocycles. The Morgan fingerprint density at radius 3 is 2.35 bits per heavy atom. The number of benzene rings is 1. The molecule has 0 fully saturated rings. The van der Waals surface area contributed by atoms with Crippen LogP contribution in [0.25, 0.3) is 0 Å². The van der Waals surface area contributed by atoms with E-state index < -0.39 is 22.2 Å². The van der Waals surface area contributed by atoms with Gasteiger partial charge in [0.15, 0.2) is 11.6 Å². The van der Waals surface area contributed by atoms with Gasteiger partial charge in [-0.05, 0) is 12.3 Å². The Labute approximate surface area is 117 Å². The van der Waals surface area contributed by atoms with Gasteiger partial charge in [-0.15, -0.1) is 0 Å². The summed E-state index contributed by atoms with van der Waals surface area (Å²) >= 11 is 0. The standard InChI is InChI=1S/C14H20F2N2O2/c1-3-5-6-10(4-2)9-17-14-12(15)7-11(18(19)20)8-13(14)16/h7-8,10,17H,3-6,9H2,1-2H3. The fourth-order valence-electron chi connectivity index (χ4n) is 2.02. The van der Waals surface area contributed by atoms with E-state index in [4.69, 9.17) is 0 Å². The van der Waals surface area contributed by atoms with E-state index in [1.807, 2.05) is 6.92 Å². The van der Waals surface area contributed by atoms with Crippen LogP contribution in [0.1, 0.15) is 39.5 Å². The van der Waals surface area contributed by atoms with Crippen molar-refractivity contribution >= 4 is 11.4 Å². The molecule has 1 N–H and O–H groups in total. The first-order chi connectivity index (χ1) is 9.49. The third-order valence-electron chi connectivity index (χ3n) is 3.35. The second-order valence-electron chi connectivity index (χ2n) is 4.84. The number of anilines is 1. The lowest BCUT2D eigenvalue weighted by Gasteiger charge is -2.16. The van der Waals surface area contributed by atoms with Gasteiger partial charge < -0.3 is 5.32 Å². The molecule has 1 aromatic carbocycles. The number of nitrogens with one attached hydrogen (secondary N) is 1. The number of halogens is 2. The van der Waals surface area contributed by atoms with E-state index in [-0.39, 0.29) is 5.69 Å². The van der Waals surface area contributed by atoms with Crippen LogP contribution in [0.15, 0.2) is 12.1 Å². The van der Waals surface area contributed by atoms with Crippen LogP contribution in [0, 0.1) is 27.7 Å². The minimum absolute atomic E-state index is 0.287. The van der Waals surface area contributed by atoms with Crippen LogP contribution >= 0.6 is 0 Å². The van der Waals surface area contributed by atoms with E-state index in [1.54, 1.807) is 0 Å². The SMILES string of the molecule is CCCCC(CC)CNc1c(F)cc([N+](=O)[O-])cc1F. The zero-order valence-corrected chi connectivity index (χ0v) is 11.8. The van der Waals surface area contributed by atoms with E-state index in [2.05, 4.69) is 12.2 Å². The van der Waals surface area contributed by atoms with Crippen LogP contribution in [0.5, 0.6) is 0 Å². The number of rotatable bonds is 8. The average molecular weight is 286 g/mol. The highest BCUT2D eigenvalue weighted by Crippen LogP contribution is 2.25. The Morgan fingerprint density at radius 2 is 1.90 bits per heavy atom. The molecule has 20 heavy (non-hydrogen) atoms. The number of hydrogen-bond donors (Lipinski definition) is 1. The fourth-order valence-corrected chi connectivity index (χ4v) is 2.02. The first kappa shape index (κ1) is 16.3. The maximum Gasteiger partial charge on any atom is 0.275 e. The Bertz CT molecular complexity index is 443. The highest BCUT2D eigenvalue weighted by molar-refractivity contribution is 5.51. The lowest BCUT2D eigenvalue weighted by molar-refractivity contribution is -0.385. The minimum Gasteiger partial charge on any atom is -0.380 e. The molecule has 0 aliphatic rings. The normalized spacial score (nSPS) is 12.2. The van der Waals surface area contributed by atoms with Gasteiger partial charge in [-0.1, -0.05) is 33.1 Å². The van der Waals surface area contributed by atoms with Crippen molar-refractivity contribution in [2.24, 2.45) is 5.92 Å². The number of unbranched alkanes of at least 4 members (excludes halogenated alkanes) is 1. The highest BCUT2D eigenvalue weighted by Gasteiger charge is 2.17. The van der Waals surface area contributed by atoms with Crippen LogP contribution in [-0.2, 0) is 0 Å². The number of nitro groups is 1. The molecule has 0 bridgehead atoms. The van der Waals surface area contributed by atoms with Gasteiger partial charge >= 0.3 is 0 Å². The summed E-state index contributed by atoms with van der Waals surface area (Å²) in [5.41, 5.74) is -0.867. The molecule has 0 aliphatic heterocycles. The number of non-ortho nitro benzene ring substituents is 1. The van der Waals surface area contributed by atoms with Crippen LogP contribution in [0.2, 0.25) is 0 Å². The Hall–Kier alpha value is -1.72. The van der Waals surface area contributed by atoms with Gasteiger partial charge in [0, 0.05) is 6.54 Å². The predicted octanol–water partition coefficient (Wildman–Crippen LogP) is 4.50. The Kier molecular flexibility index (Phi) is 6.35. The van der Waals surface area contributed by atoms with Crippen molar-refractivity contribution in [3.8, 4) is 0 Å².